The van der Waals surface area contributed by atoms with Gasteiger partial charge < -0.3 is 11.1 Å². The number of hydrogen-bond acceptors (Lipinski definition) is 5. The maximum Gasteiger partial charge on any atom is 0.261 e. The van der Waals surface area contributed by atoms with Gasteiger partial charge in [-0.3, -0.25) is 4.79 Å². The number of nitrogens with one attached hydrogen (secondary N) is 1. The molecule has 0 radical (unpaired) electrons. The molecule has 3 N–H and O–H groups in total. The lowest BCUT2D eigenvalue weighted by molar-refractivity contribution is 0.0958. The van der Waals surface area contributed by atoms with Crippen LogP contribution >= 0.6 is 34.9 Å². The van der Waals surface area contributed by atoms with Crippen molar-refractivity contribution in [2.24, 2.45) is 5.73 Å². The molecule has 1 unspecified atom stereocenters. The van der Waals surface area contributed by atoms with Crippen LogP contribution in [0.3, 0.4) is 0 Å². The van der Waals surface area contributed by atoms with Crippen molar-refractivity contribution >= 4 is 40.8 Å². The summed E-state index contributed by atoms with van der Waals surface area (Å²) in [5, 5.41) is 3.54. The zero-order valence-electron chi connectivity index (χ0n) is 10.5. The lowest BCUT2D eigenvalue weighted by Gasteiger charge is -2.20. The summed E-state index contributed by atoms with van der Waals surface area (Å²) in [4.78, 5) is 13.6. The molecule has 0 aromatic carbocycles. The molecule has 6 heteroatoms. The van der Waals surface area contributed by atoms with Gasteiger partial charge in [-0.25, -0.2) is 0 Å². The topological polar surface area (TPSA) is 55.1 Å². The van der Waals surface area contributed by atoms with Crippen LogP contribution in [0.4, 0.5) is 0 Å². The molecule has 19 heavy (non-hydrogen) atoms. The zero-order valence-corrected chi connectivity index (χ0v) is 12.9. The summed E-state index contributed by atoms with van der Waals surface area (Å²) >= 11 is 5.33. The molecule has 1 amide bonds. The Balaban J connectivity index is 1.83. The van der Waals surface area contributed by atoms with Gasteiger partial charge in [-0.2, -0.15) is 23.5 Å². The van der Waals surface area contributed by atoms with Crippen molar-refractivity contribution in [3.05, 3.63) is 21.9 Å². The van der Waals surface area contributed by atoms with Crippen LogP contribution in [-0.2, 0) is 0 Å². The van der Waals surface area contributed by atoms with Gasteiger partial charge in [0, 0.05) is 29.1 Å². The van der Waals surface area contributed by atoms with Gasteiger partial charge in [0.1, 0.15) is 0 Å². The van der Waals surface area contributed by atoms with E-state index in [9.17, 15) is 4.79 Å². The average Bonchev–Trinajstić information content (AvgIpc) is 2.92. The summed E-state index contributed by atoms with van der Waals surface area (Å²) < 4.78 is 0. The quantitative estimate of drug-likeness (QED) is 0.833. The SMILES string of the molecule is NCC#Cc1ccc(C(=O)NCC2CSCCS2)s1. The first kappa shape index (κ1) is 14.8. The predicted octanol–water partition coefficient (Wildman–Crippen LogP) is 1.64. The van der Waals surface area contributed by atoms with E-state index >= 15 is 0 Å². The number of nitrogens with two attached hydrogens (primary N) is 1. The van der Waals surface area contributed by atoms with Gasteiger partial charge in [-0.05, 0) is 12.1 Å². The number of amides is 1. The Morgan fingerprint density at radius 2 is 2.37 bits per heavy atom. The number of thioether (sulfide) groups is 2. The second kappa shape index (κ2) is 7.85. The molecule has 1 aliphatic heterocycles. The Kier molecular flexibility index (Phi) is 6.11. The van der Waals surface area contributed by atoms with E-state index in [-0.39, 0.29) is 5.91 Å². The number of thiophene rings is 1. The summed E-state index contributed by atoms with van der Waals surface area (Å²) in [6, 6.07) is 3.69. The minimum absolute atomic E-state index is 0.00183. The van der Waals surface area contributed by atoms with E-state index in [0.717, 1.165) is 22.1 Å². The van der Waals surface area contributed by atoms with Crippen molar-refractivity contribution in [3.63, 3.8) is 0 Å². The Morgan fingerprint density at radius 3 is 3.11 bits per heavy atom. The van der Waals surface area contributed by atoms with Crippen LogP contribution < -0.4 is 11.1 Å². The lowest BCUT2D eigenvalue weighted by atomic mass is 10.4. The minimum Gasteiger partial charge on any atom is -0.350 e. The van der Waals surface area contributed by atoms with Crippen molar-refractivity contribution in [1.82, 2.24) is 5.32 Å². The molecular formula is C13H16N2OS3. The zero-order chi connectivity index (χ0) is 13.5. The maximum absolute atomic E-state index is 12.0. The molecule has 3 nitrogen and oxygen atoms in total. The van der Waals surface area contributed by atoms with Crippen LogP contribution in [0.2, 0.25) is 0 Å². The molecule has 1 aliphatic rings. The van der Waals surface area contributed by atoms with E-state index in [1.165, 1.54) is 22.8 Å². The molecule has 1 aromatic heterocycles. The van der Waals surface area contributed by atoms with Gasteiger partial charge in [0.2, 0.25) is 0 Å². The highest BCUT2D eigenvalue weighted by Crippen LogP contribution is 2.23. The third-order valence-corrected chi connectivity index (χ3v) is 6.36. The Bertz CT molecular complexity index is 484. The van der Waals surface area contributed by atoms with Crippen LogP contribution in [0.15, 0.2) is 12.1 Å². The third kappa shape index (κ3) is 4.77. The van der Waals surface area contributed by atoms with Crippen molar-refractivity contribution in [1.29, 1.82) is 0 Å². The number of rotatable bonds is 3. The highest BCUT2D eigenvalue weighted by atomic mass is 32.2. The lowest BCUT2D eigenvalue weighted by Crippen LogP contribution is -2.33. The van der Waals surface area contributed by atoms with Crippen LogP contribution in [0, 0.1) is 11.8 Å². The summed E-state index contributed by atoms with van der Waals surface area (Å²) in [5.41, 5.74) is 5.32. The average molecular weight is 312 g/mol. The van der Waals surface area contributed by atoms with Crippen molar-refractivity contribution in [2.45, 2.75) is 5.25 Å². The number of hydrogen-bond donors (Lipinski definition) is 2. The standard InChI is InChI=1S/C13H16N2OS3/c14-5-1-2-10-3-4-12(19-10)13(16)15-8-11-9-17-6-7-18-11/h3-4,11H,5-9,14H2,(H,15,16). The molecule has 2 rings (SSSR count). The van der Waals surface area contributed by atoms with Crippen molar-refractivity contribution in [3.8, 4) is 11.8 Å². The van der Waals surface area contributed by atoms with Crippen molar-refractivity contribution in [2.75, 3.05) is 30.3 Å². The van der Waals surface area contributed by atoms with Crippen LogP contribution in [-0.4, -0.2) is 41.5 Å². The van der Waals surface area contributed by atoms with E-state index < -0.39 is 0 Å². The van der Waals surface area contributed by atoms with Crippen LogP contribution in [0.25, 0.3) is 0 Å². The maximum atomic E-state index is 12.0. The normalized spacial score (nSPS) is 18.5. The summed E-state index contributed by atoms with van der Waals surface area (Å²) in [5.74, 6) is 9.27. The second-order valence-corrected chi connectivity index (χ2v) is 7.59. The Labute approximate surface area is 126 Å². The largest absolute Gasteiger partial charge is 0.350 e. The summed E-state index contributed by atoms with van der Waals surface area (Å²) in [6.45, 7) is 1.09. The van der Waals surface area contributed by atoms with Crippen LogP contribution in [0.5, 0.6) is 0 Å². The van der Waals surface area contributed by atoms with Gasteiger partial charge in [0.15, 0.2) is 0 Å². The Morgan fingerprint density at radius 1 is 1.47 bits per heavy atom. The first-order valence-electron chi connectivity index (χ1n) is 6.06. The number of carbonyl (C=O) groups is 1. The van der Waals surface area contributed by atoms with E-state index in [1.807, 2.05) is 35.7 Å². The van der Waals surface area contributed by atoms with Gasteiger partial charge >= 0.3 is 0 Å². The molecule has 1 saturated heterocycles. The van der Waals surface area contributed by atoms with Crippen LogP contribution in [0.1, 0.15) is 14.5 Å². The van der Waals surface area contributed by atoms with E-state index in [0.29, 0.717) is 11.8 Å². The van der Waals surface area contributed by atoms with Gasteiger partial charge in [-0.1, -0.05) is 11.8 Å². The molecule has 1 atom stereocenters. The Hall–Kier alpha value is -0.610. The first-order valence-corrected chi connectivity index (χ1v) is 9.08. The van der Waals surface area contributed by atoms with Gasteiger partial charge in [-0.15, -0.1) is 11.3 Å². The number of carbonyl (C=O) groups excluding carboxylic acids is 1. The molecule has 1 aromatic rings. The first-order chi connectivity index (χ1) is 9.29. The molecule has 1 fully saturated rings. The summed E-state index contributed by atoms with van der Waals surface area (Å²) in [6.07, 6.45) is 0. The fourth-order valence-electron chi connectivity index (χ4n) is 1.61. The molecule has 0 bridgehead atoms. The third-order valence-electron chi connectivity index (χ3n) is 2.52. The molecule has 0 saturated carbocycles. The predicted molar refractivity (Wildman–Crippen MR) is 86.2 cm³/mol. The smallest absolute Gasteiger partial charge is 0.261 e. The van der Waals surface area contributed by atoms with Gasteiger partial charge in [0.05, 0.1) is 16.3 Å². The summed E-state index contributed by atoms with van der Waals surface area (Å²) in [7, 11) is 0. The fourth-order valence-corrected chi connectivity index (χ4v) is 5.02. The highest BCUT2D eigenvalue weighted by Gasteiger charge is 2.16. The molecule has 0 spiro atoms. The minimum atomic E-state index is 0.00183. The molecular weight excluding hydrogens is 296 g/mol. The van der Waals surface area contributed by atoms with Crippen molar-refractivity contribution < 1.29 is 4.79 Å². The van der Waals surface area contributed by atoms with E-state index in [4.69, 9.17) is 5.73 Å². The fraction of sp³-hybridized carbons (Fsp3) is 0.462. The highest BCUT2D eigenvalue weighted by molar-refractivity contribution is 8.06. The van der Waals surface area contributed by atoms with E-state index in [1.54, 1.807) is 0 Å². The van der Waals surface area contributed by atoms with Gasteiger partial charge in [0.25, 0.3) is 5.91 Å². The van der Waals surface area contributed by atoms with E-state index in [2.05, 4.69) is 17.2 Å². The molecule has 0 aliphatic carbocycles. The molecule has 2 heterocycles. The second-order valence-electron chi connectivity index (χ2n) is 3.95. The monoisotopic (exact) mass is 312 g/mol. The molecule has 102 valence electrons.